The number of aromatic nitrogens is 2. The molecule has 9 heteroatoms. The minimum atomic E-state index is -0.287. The maximum absolute atomic E-state index is 12.7. The molecule has 0 spiro atoms. The zero-order valence-corrected chi connectivity index (χ0v) is 17.4. The van der Waals surface area contributed by atoms with E-state index in [1.165, 1.54) is 12.4 Å². The van der Waals surface area contributed by atoms with E-state index in [1.807, 2.05) is 0 Å². The lowest BCUT2D eigenvalue weighted by Gasteiger charge is -2.32. The van der Waals surface area contributed by atoms with Crippen LogP contribution < -0.4 is 0 Å². The fourth-order valence-corrected chi connectivity index (χ4v) is 3.23. The summed E-state index contributed by atoms with van der Waals surface area (Å²) in [7, 11) is 1.56. The molecule has 1 atom stereocenters. The summed E-state index contributed by atoms with van der Waals surface area (Å²) >= 11 is 0. The molecule has 0 aliphatic carbocycles. The Kier molecular flexibility index (Phi) is 8.98. The number of piperidine rings is 1. The monoisotopic (exact) mass is 406 g/mol. The number of amides is 2. The van der Waals surface area contributed by atoms with E-state index >= 15 is 0 Å². The van der Waals surface area contributed by atoms with E-state index in [2.05, 4.69) is 9.97 Å². The zero-order valence-electron chi connectivity index (χ0n) is 17.4. The van der Waals surface area contributed by atoms with Gasteiger partial charge in [-0.1, -0.05) is 0 Å². The highest BCUT2D eigenvalue weighted by Crippen LogP contribution is 2.19. The number of esters is 1. The number of ether oxygens (including phenoxy) is 2. The largest absolute Gasteiger partial charge is 0.466 e. The second-order valence-corrected chi connectivity index (χ2v) is 7.01. The molecule has 1 aliphatic heterocycles. The lowest BCUT2D eigenvalue weighted by Crippen LogP contribution is -2.44. The van der Waals surface area contributed by atoms with Crippen LogP contribution in [0.5, 0.6) is 0 Å². The van der Waals surface area contributed by atoms with Gasteiger partial charge in [-0.15, -0.1) is 0 Å². The Bertz CT molecular complexity index is 695. The summed E-state index contributed by atoms with van der Waals surface area (Å²) in [5.74, 6) is -0.892. The van der Waals surface area contributed by atoms with Crippen LogP contribution in [0.3, 0.4) is 0 Å². The molecule has 9 nitrogen and oxygen atoms in total. The van der Waals surface area contributed by atoms with E-state index in [4.69, 9.17) is 9.47 Å². The van der Waals surface area contributed by atoms with Gasteiger partial charge in [-0.2, -0.15) is 0 Å². The van der Waals surface area contributed by atoms with Crippen LogP contribution in [-0.2, 0) is 19.1 Å². The molecule has 0 bridgehead atoms. The van der Waals surface area contributed by atoms with Crippen molar-refractivity contribution in [1.82, 2.24) is 19.8 Å². The number of hydrogen-bond donors (Lipinski definition) is 0. The minimum Gasteiger partial charge on any atom is -0.466 e. The fourth-order valence-electron chi connectivity index (χ4n) is 3.23. The third-order valence-electron chi connectivity index (χ3n) is 4.84. The van der Waals surface area contributed by atoms with Gasteiger partial charge in [0.05, 0.1) is 31.0 Å². The number of carbonyl (C=O) groups excluding carboxylic acids is 3. The number of rotatable bonds is 9. The SMILES string of the molecule is CCOC(=O)[C@@H]1CCCN(C(=O)CCN(CCOC)C(=O)c2cnc(C)cn2)C1. The molecule has 0 N–H and O–H groups in total. The van der Waals surface area contributed by atoms with Crippen LogP contribution >= 0.6 is 0 Å². The second kappa shape index (κ2) is 11.5. The van der Waals surface area contributed by atoms with Crippen molar-refractivity contribution in [2.75, 3.05) is 46.5 Å². The molecule has 0 aromatic carbocycles. The Morgan fingerprint density at radius 3 is 2.69 bits per heavy atom. The summed E-state index contributed by atoms with van der Waals surface area (Å²) in [6, 6.07) is 0. The Balaban J connectivity index is 1.95. The molecule has 2 amide bonds. The van der Waals surface area contributed by atoms with Crippen molar-refractivity contribution in [3.05, 3.63) is 23.8 Å². The van der Waals surface area contributed by atoms with Crippen molar-refractivity contribution in [2.45, 2.75) is 33.1 Å². The summed E-state index contributed by atoms with van der Waals surface area (Å²) in [6.07, 6.45) is 4.64. The maximum atomic E-state index is 12.7. The summed E-state index contributed by atoms with van der Waals surface area (Å²) in [4.78, 5) is 48.9. The Morgan fingerprint density at radius 1 is 1.24 bits per heavy atom. The molecule has 160 valence electrons. The highest BCUT2D eigenvalue weighted by molar-refractivity contribution is 5.92. The standard InChI is InChI=1S/C20H30N4O5/c1-4-29-20(27)16-6-5-8-24(14-16)18(25)7-9-23(10-11-28-3)19(26)17-13-21-15(2)12-22-17/h12-13,16H,4-11,14H2,1-3H3/t16-/m1/s1. The first-order chi connectivity index (χ1) is 14.0. The summed E-state index contributed by atoms with van der Waals surface area (Å²) in [5, 5.41) is 0. The van der Waals surface area contributed by atoms with Crippen LogP contribution in [0.4, 0.5) is 0 Å². The van der Waals surface area contributed by atoms with Gasteiger partial charge >= 0.3 is 5.97 Å². The number of aryl methyl sites for hydroxylation is 1. The molecule has 1 fully saturated rings. The normalized spacial score (nSPS) is 16.4. The van der Waals surface area contributed by atoms with Gasteiger partial charge in [0.25, 0.3) is 5.91 Å². The fraction of sp³-hybridized carbons (Fsp3) is 0.650. The van der Waals surface area contributed by atoms with Crippen molar-refractivity contribution in [3.8, 4) is 0 Å². The molecule has 1 aromatic rings. The average Bonchev–Trinajstić information content (AvgIpc) is 2.74. The number of hydrogen-bond acceptors (Lipinski definition) is 7. The molecule has 2 rings (SSSR count). The Labute approximate surface area is 171 Å². The van der Waals surface area contributed by atoms with Crippen LogP contribution in [0.1, 0.15) is 42.4 Å². The van der Waals surface area contributed by atoms with Crippen LogP contribution in [0.15, 0.2) is 12.4 Å². The van der Waals surface area contributed by atoms with Crippen LogP contribution in [0.25, 0.3) is 0 Å². The number of nitrogens with zero attached hydrogens (tertiary/aromatic N) is 4. The molecule has 1 aromatic heterocycles. The van der Waals surface area contributed by atoms with Crippen LogP contribution in [0, 0.1) is 12.8 Å². The lowest BCUT2D eigenvalue weighted by molar-refractivity contribution is -0.151. The summed E-state index contributed by atoms with van der Waals surface area (Å²) in [6.45, 7) is 5.84. The molecule has 1 aliphatic rings. The summed E-state index contributed by atoms with van der Waals surface area (Å²) in [5.41, 5.74) is 0.959. The minimum absolute atomic E-state index is 0.0794. The van der Waals surface area contributed by atoms with Crippen molar-refractivity contribution in [1.29, 1.82) is 0 Å². The van der Waals surface area contributed by atoms with Gasteiger partial charge < -0.3 is 19.3 Å². The zero-order chi connectivity index (χ0) is 21.2. The molecule has 0 radical (unpaired) electrons. The smallest absolute Gasteiger partial charge is 0.310 e. The first-order valence-electron chi connectivity index (χ1n) is 9.97. The van der Waals surface area contributed by atoms with E-state index in [0.717, 1.165) is 18.5 Å². The predicted molar refractivity (Wildman–Crippen MR) is 105 cm³/mol. The molecule has 29 heavy (non-hydrogen) atoms. The highest BCUT2D eigenvalue weighted by atomic mass is 16.5. The second-order valence-electron chi connectivity index (χ2n) is 7.01. The lowest BCUT2D eigenvalue weighted by atomic mass is 9.98. The third kappa shape index (κ3) is 6.77. The highest BCUT2D eigenvalue weighted by Gasteiger charge is 2.29. The van der Waals surface area contributed by atoms with Gasteiger partial charge in [0.1, 0.15) is 5.69 Å². The molecule has 2 heterocycles. The molecule has 0 unspecified atom stereocenters. The topological polar surface area (TPSA) is 102 Å². The average molecular weight is 406 g/mol. The van der Waals surface area contributed by atoms with Crippen molar-refractivity contribution in [2.24, 2.45) is 5.92 Å². The van der Waals surface area contributed by atoms with E-state index in [-0.39, 0.29) is 42.4 Å². The van der Waals surface area contributed by atoms with Gasteiger partial charge in [0.2, 0.25) is 5.91 Å². The number of likely N-dealkylation sites (tertiary alicyclic amines) is 1. The predicted octanol–water partition coefficient (Wildman–Crippen LogP) is 1.07. The summed E-state index contributed by atoms with van der Waals surface area (Å²) < 4.78 is 10.2. The Hall–Kier alpha value is -2.55. The quantitative estimate of drug-likeness (QED) is 0.565. The first kappa shape index (κ1) is 22.7. The van der Waals surface area contributed by atoms with E-state index < -0.39 is 0 Å². The van der Waals surface area contributed by atoms with Crippen molar-refractivity contribution < 1.29 is 23.9 Å². The van der Waals surface area contributed by atoms with E-state index in [1.54, 1.807) is 30.8 Å². The Morgan fingerprint density at radius 2 is 2.03 bits per heavy atom. The van der Waals surface area contributed by atoms with Crippen molar-refractivity contribution in [3.63, 3.8) is 0 Å². The van der Waals surface area contributed by atoms with E-state index in [0.29, 0.717) is 32.8 Å². The third-order valence-corrected chi connectivity index (χ3v) is 4.84. The number of methoxy groups -OCH3 is 1. The van der Waals surface area contributed by atoms with Crippen LogP contribution in [0.2, 0.25) is 0 Å². The van der Waals surface area contributed by atoms with E-state index in [9.17, 15) is 14.4 Å². The van der Waals surface area contributed by atoms with Crippen molar-refractivity contribution >= 4 is 17.8 Å². The van der Waals surface area contributed by atoms with Gasteiger partial charge in [0, 0.05) is 45.9 Å². The molecular formula is C20H30N4O5. The molecule has 0 saturated carbocycles. The van der Waals surface area contributed by atoms with Gasteiger partial charge in [-0.3, -0.25) is 19.4 Å². The maximum Gasteiger partial charge on any atom is 0.310 e. The molecular weight excluding hydrogens is 376 g/mol. The van der Waals surface area contributed by atoms with Gasteiger partial charge in [-0.25, -0.2) is 4.98 Å². The van der Waals surface area contributed by atoms with Crippen LogP contribution in [-0.4, -0.2) is 84.1 Å². The van der Waals surface area contributed by atoms with Gasteiger partial charge in [-0.05, 0) is 26.7 Å². The molecule has 1 saturated heterocycles. The first-order valence-corrected chi connectivity index (χ1v) is 9.97. The van der Waals surface area contributed by atoms with Gasteiger partial charge in [0.15, 0.2) is 0 Å². The number of carbonyl (C=O) groups is 3.